The lowest BCUT2D eigenvalue weighted by Gasteiger charge is -2.19. The molecule has 156 valence electrons. The summed E-state index contributed by atoms with van der Waals surface area (Å²) in [6, 6.07) is 0. The first-order valence-electron chi connectivity index (χ1n) is 9.67. The van der Waals surface area contributed by atoms with Crippen molar-refractivity contribution in [3.63, 3.8) is 0 Å². The summed E-state index contributed by atoms with van der Waals surface area (Å²) in [5, 5.41) is 7.59. The third-order valence-corrected chi connectivity index (χ3v) is 7.41. The molecule has 0 N–H and O–H groups in total. The summed E-state index contributed by atoms with van der Waals surface area (Å²) < 4.78 is 38.0. The zero-order valence-corrected chi connectivity index (χ0v) is 17.6. The molecular formula is C18H29N5O4S. The lowest BCUT2D eigenvalue weighted by atomic mass is 10.3. The average molecular weight is 412 g/mol. The van der Waals surface area contributed by atoms with E-state index in [4.69, 9.17) is 9.37 Å². The Balaban J connectivity index is 1.81. The minimum absolute atomic E-state index is 0.193. The molecule has 1 aliphatic carbocycles. The van der Waals surface area contributed by atoms with Crippen molar-refractivity contribution >= 4 is 9.84 Å². The number of sulfone groups is 1. The number of aromatic nitrogens is 4. The monoisotopic (exact) mass is 411 g/mol. The van der Waals surface area contributed by atoms with E-state index in [2.05, 4.69) is 15.3 Å². The molecule has 0 aromatic carbocycles. The van der Waals surface area contributed by atoms with Crippen LogP contribution in [0.5, 0.6) is 0 Å². The predicted octanol–water partition coefficient (Wildman–Crippen LogP) is 1.96. The minimum atomic E-state index is -3.42. The van der Waals surface area contributed by atoms with Gasteiger partial charge in [0, 0.05) is 33.4 Å². The van der Waals surface area contributed by atoms with Gasteiger partial charge in [-0.15, -0.1) is 0 Å². The molecule has 9 nitrogen and oxygen atoms in total. The fourth-order valence-corrected chi connectivity index (χ4v) is 5.65. The van der Waals surface area contributed by atoms with E-state index in [1.165, 1.54) is 0 Å². The molecule has 0 unspecified atom stereocenters. The first-order valence-corrected chi connectivity index (χ1v) is 11.2. The third-order valence-electron chi connectivity index (χ3n) is 5.23. The molecule has 10 heteroatoms. The number of ether oxygens (including phenoxy) is 1. The zero-order chi connectivity index (χ0) is 20.1. The molecule has 0 spiro atoms. The standard InChI is InChI=1S/C18H29N5O4S/c1-14-17(21-27-20-14)13-22(2)12-15-11-19-18(23(15)9-6-10-26-3)28(24,25)16-7-4-5-8-16/h11,16H,4-10,12-13H2,1-3H3. The molecule has 0 atom stereocenters. The maximum atomic E-state index is 13.1. The van der Waals surface area contributed by atoms with E-state index in [0.717, 1.165) is 49.2 Å². The second-order valence-corrected chi connectivity index (χ2v) is 9.57. The van der Waals surface area contributed by atoms with Gasteiger partial charge in [0.25, 0.3) is 0 Å². The van der Waals surface area contributed by atoms with E-state index in [9.17, 15) is 8.42 Å². The maximum absolute atomic E-state index is 13.1. The quantitative estimate of drug-likeness (QED) is 0.547. The summed E-state index contributed by atoms with van der Waals surface area (Å²) in [4.78, 5) is 6.38. The summed E-state index contributed by atoms with van der Waals surface area (Å²) in [7, 11) is 0.173. The fourth-order valence-electron chi connectivity index (χ4n) is 3.68. The SMILES string of the molecule is COCCCn1c(CN(C)Cc2nonc2C)cnc1S(=O)(=O)C1CCCC1. The van der Waals surface area contributed by atoms with Gasteiger partial charge in [0.15, 0.2) is 0 Å². The summed E-state index contributed by atoms with van der Waals surface area (Å²) >= 11 is 0. The molecule has 0 bridgehead atoms. The van der Waals surface area contributed by atoms with Gasteiger partial charge in [-0.3, -0.25) is 4.90 Å². The molecule has 1 fully saturated rings. The highest BCUT2D eigenvalue weighted by Gasteiger charge is 2.34. The van der Waals surface area contributed by atoms with E-state index in [1.54, 1.807) is 13.3 Å². The van der Waals surface area contributed by atoms with Crippen LogP contribution in [0.1, 0.15) is 49.2 Å². The average Bonchev–Trinajstić information content (AvgIpc) is 3.39. The number of aryl methyl sites for hydroxylation is 1. The van der Waals surface area contributed by atoms with Crippen LogP contribution in [0.25, 0.3) is 0 Å². The van der Waals surface area contributed by atoms with E-state index >= 15 is 0 Å². The summed E-state index contributed by atoms with van der Waals surface area (Å²) in [5.74, 6) is 0. The molecule has 2 aromatic heterocycles. The fraction of sp³-hybridized carbons (Fsp3) is 0.722. The number of hydrogen-bond donors (Lipinski definition) is 0. The van der Waals surface area contributed by atoms with Crippen molar-refractivity contribution in [3.05, 3.63) is 23.3 Å². The van der Waals surface area contributed by atoms with E-state index < -0.39 is 9.84 Å². The highest BCUT2D eigenvalue weighted by molar-refractivity contribution is 7.91. The summed E-state index contributed by atoms with van der Waals surface area (Å²) in [5.41, 5.74) is 2.39. The van der Waals surface area contributed by atoms with Gasteiger partial charge in [-0.05, 0) is 33.2 Å². The Morgan fingerprint density at radius 2 is 2.04 bits per heavy atom. The van der Waals surface area contributed by atoms with Crippen molar-refractivity contribution in [2.75, 3.05) is 20.8 Å². The molecule has 2 heterocycles. The van der Waals surface area contributed by atoms with Crippen molar-refractivity contribution in [1.82, 2.24) is 24.8 Å². The van der Waals surface area contributed by atoms with Crippen LogP contribution in [0.4, 0.5) is 0 Å². The molecule has 0 radical (unpaired) electrons. The van der Waals surface area contributed by atoms with Crippen molar-refractivity contribution < 1.29 is 17.8 Å². The van der Waals surface area contributed by atoms with Crippen LogP contribution >= 0.6 is 0 Å². The number of imidazole rings is 1. The first-order chi connectivity index (χ1) is 13.4. The van der Waals surface area contributed by atoms with Gasteiger partial charge in [-0.2, -0.15) is 0 Å². The molecule has 1 saturated carbocycles. The first kappa shape index (κ1) is 20.9. The molecular weight excluding hydrogens is 382 g/mol. The topological polar surface area (TPSA) is 103 Å². The van der Waals surface area contributed by atoms with Crippen LogP contribution in [-0.4, -0.2) is 59.2 Å². The van der Waals surface area contributed by atoms with Crippen LogP contribution in [0, 0.1) is 6.92 Å². The number of methoxy groups -OCH3 is 1. The highest BCUT2D eigenvalue weighted by Crippen LogP contribution is 2.30. The van der Waals surface area contributed by atoms with Gasteiger partial charge in [0.2, 0.25) is 15.0 Å². The minimum Gasteiger partial charge on any atom is -0.385 e. The van der Waals surface area contributed by atoms with Gasteiger partial charge in [0.1, 0.15) is 11.4 Å². The normalized spacial score (nSPS) is 15.7. The Bertz CT molecular complexity index is 870. The van der Waals surface area contributed by atoms with Crippen molar-refractivity contribution in [1.29, 1.82) is 0 Å². The van der Waals surface area contributed by atoms with Gasteiger partial charge in [-0.25, -0.2) is 18.0 Å². The maximum Gasteiger partial charge on any atom is 0.228 e. The highest BCUT2D eigenvalue weighted by atomic mass is 32.2. The zero-order valence-electron chi connectivity index (χ0n) is 16.8. The molecule has 2 aromatic rings. The van der Waals surface area contributed by atoms with Gasteiger partial charge < -0.3 is 9.30 Å². The van der Waals surface area contributed by atoms with Crippen molar-refractivity contribution in [2.45, 2.75) is 69.1 Å². The third kappa shape index (κ3) is 4.61. The van der Waals surface area contributed by atoms with Crippen LogP contribution in [-0.2, 0) is 34.2 Å². The lowest BCUT2D eigenvalue weighted by molar-refractivity contribution is 0.188. The number of nitrogens with zero attached hydrogens (tertiary/aromatic N) is 5. The Morgan fingerprint density at radius 3 is 2.68 bits per heavy atom. The second-order valence-electron chi connectivity index (χ2n) is 7.45. The lowest BCUT2D eigenvalue weighted by Crippen LogP contribution is -2.25. The van der Waals surface area contributed by atoms with E-state index in [-0.39, 0.29) is 10.4 Å². The molecule has 28 heavy (non-hydrogen) atoms. The van der Waals surface area contributed by atoms with Crippen LogP contribution < -0.4 is 0 Å². The molecule has 3 rings (SSSR count). The van der Waals surface area contributed by atoms with E-state index in [1.807, 2.05) is 23.4 Å². The molecule has 0 aliphatic heterocycles. The van der Waals surface area contributed by atoms with Crippen LogP contribution in [0.15, 0.2) is 16.0 Å². The Kier molecular flexibility index (Phi) is 6.84. The molecule has 1 aliphatic rings. The summed E-state index contributed by atoms with van der Waals surface area (Å²) in [6.07, 6.45) is 5.79. The van der Waals surface area contributed by atoms with E-state index in [0.29, 0.717) is 26.2 Å². The number of hydrogen-bond acceptors (Lipinski definition) is 8. The van der Waals surface area contributed by atoms with Crippen molar-refractivity contribution in [2.24, 2.45) is 0 Å². The second kappa shape index (κ2) is 9.15. The van der Waals surface area contributed by atoms with Crippen LogP contribution in [0.3, 0.4) is 0 Å². The molecule has 0 amide bonds. The van der Waals surface area contributed by atoms with Gasteiger partial charge in [0.05, 0.1) is 17.1 Å². The smallest absolute Gasteiger partial charge is 0.228 e. The Labute approximate surface area is 166 Å². The van der Waals surface area contributed by atoms with Crippen LogP contribution in [0.2, 0.25) is 0 Å². The predicted molar refractivity (Wildman–Crippen MR) is 102 cm³/mol. The Hall–Kier alpha value is -1.78. The van der Waals surface area contributed by atoms with Gasteiger partial charge in [-0.1, -0.05) is 23.2 Å². The number of rotatable bonds is 10. The largest absolute Gasteiger partial charge is 0.385 e. The summed E-state index contributed by atoms with van der Waals surface area (Å²) in [6.45, 7) is 4.08. The van der Waals surface area contributed by atoms with Gasteiger partial charge >= 0.3 is 0 Å². The molecule has 0 saturated heterocycles. The van der Waals surface area contributed by atoms with Crippen molar-refractivity contribution in [3.8, 4) is 0 Å². The Morgan fingerprint density at radius 1 is 1.29 bits per heavy atom.